The minimum Gasteiger partial charge on any atom is -0.309 e. The largest absolute Gasteiger partial charge is 0.309 e. The highest BCUT2D eigenvalue weighted by Crippen LogP contribution is 2.42. The highest BCUT2D eigenvalue weighted by molar-refractivity contribution is 6.15. The Kier molecular flexibility index (Phi) is 6.61. The highest BCUT2D eigenvalue weighted by atomic mass is 15.1. The van der Waals surface area contributed by atoms with Crippen LogP contribution in [0.25, 0.3) is 93.6 Å². The van der Waals surface area contributed by atoms with Crippen LogP contribution >= 0.6 is 0 Å². The monoisotopic (exact) mass is 699 g/mol. The molecule has 254 valence electrons. The molecule has 0 aliphatic rings. The lowest BCUT2D eigenvalue weighted by Crippen LogP contribution is -2.03. The van der Waals surface area contributed by atoms with Crippen molar-refractivity contribution in [2.45, 2.75) is 0 Å². The van der Waals surface area contributed by atoms with E-state index in [4.69, 9.17) is 0 Å². The van der Waals surface area contributed by atoms with E-state index in [2.05, 4.69) is 159 Å². The molecule has 0 fully saturated rings. The Morgan fingerprint density at radius 1 is 0.364 bits per heavy atom. The summed E-state index contributed by atoms with van der Waals surface area (Å²) < 4.78 is 6.99. The molecule has 0 saturated carbocycles. The first-order valence-corrected chi connectivity index (χ1v) is 18.3. The molecule has 0 N–H and O–H groups in total. The molecular formula is C50H29N5. The smallest absolute Gasteiger partial charge is 0.0998 e. The summed E-state index contributed by atoms with van der Waals surface area (Å²) in [7, 11) is 0. The molecule has 55 heavy (non-hydrogen) atoms. The van der Waals surface area contributed by atoms with Gasteiger partial charge in [-0.05, 0) is 78.4 Å². The molecule has 8 aromatic carbocycles. The molecule has 5 heteroatoms. The molecule has 0 amide bonds. The predicted octanol–water partition coefficient (Wildman–Crippen LogP) is 12.4. The molecule has 0 atom stereocenters. The third-order valence-corrected chi connectivity index (χ3v) is 11.1. The Labute approximate surface area is 316 Å². The summed E-state index contributed by atoms with van der Waals surface area (Å²) in [6.07, 6.45) is 0. The van der Waals surface area contributed by atoms with Crippen LogP contribution in [0.15, 0.2) is 176 Å². The lowest BCUT2D eigenvalue weighted by molar-refractivity contribution is 1.13. The zero-order valence-corrected chi connectivity index (χ0v) is 29.5. The Morgan fingerprint density at radius 2 is 0.873 bits per heavy atom. The van der Waals surface area contributed by atoms with Gasteiger partial charge in [0.1, 0.15) is 0 Å². The van der Waals surface area contributed by atoms with Crippen LogP contribution in [0.1, 0.15) is 11.1 Å². The number of fused-ring (bicyclic) bond motifs is 9. The van der Waals surface area contributed by atoms with Gasteiger partial charge in [-0.25, -0.2) is 0 Å². The number of aromatic nitrogens is 3. The Balaban J connectivity index is 1.17. The Morgan fingerprint density at radius 3 is 1.51 bits per heavy atom. The van der Waals surface area contributed by atoms with Gasteiger partial charge in [0.05, 0.1) is 67.7 Å². The molecule has 0 aliphatic carbocycles. The normalized spacial score (nSPS) is 11.6. The van der Waals surface area contributed by atoms with Crippen molar-refractivity contribution in [3.63, 3.8) is 0 Å². The van der Waals surface area contributed by atoms with Crippen molar-refractivity contribution < 1.29 is 0 Å². The predicted molar refractivity (Wildman–Crippen MR) is 224 cm³/mol. The standard InChI is InChI=1S/C50H29N5/c51-30-32-23-28-46-41(29-32)39-15-4-5-17-42(39)53(46)35-26-24-33(25-27-35)49-34(31-52)11-9-21-47(49)55-45-20-8-3-14-38(45)40-16-10-22-48(50(40)55)54-43-18-6-1-12-36(43)37-13-2-7-19-44(37)54/h1-29H. The molecule has 0 unspecified atom stereocenters. The topological polar surface area (TPSA) is 62.4 Å². The average molecular weight is 700 g/mol. The second-order valence-corrected chi connectivity index (χ2v) is 14.0. The summed E-state index contributed by atoms with van der Waals surface area (Å²) in [4.78, 5) is 0. The molecule has 11 aromatic rings. The second-order valence-electron chi connectivity index (χ2n) is 14.0. The lowest BCUT2D eigenvalue weighted by Gasteiger charge is -2.18. The number of benzene rings is 8. The Hall–Kier alpha value is -7.86. The summed E-state index contributed by atoms with van der Waals surface area (Å²) in [6.45, 7) is 0. The fourth-order valence-corrected chi connectivity index (χ4v) is 8.83. The molecule has 5 nitrogen and oxygen atoms in total. The van der Waals surface area contributed by atoms with Crippen molar-refractivity contribution in [3.05, 3.63) is 187 Å². The maximum Gasteiger partial charge on any atom is 0.0998 e. The third-order valence-electron chi connectivity index (χ3n) is 11.1. The average Bonchev–Trinajstić information content (AvgIpc) is 3.89. The number of nitrogens with zero attached hydrogens (tertiary/aromatic N) is 5. The maximum atomic E-state index is 10.7. The molecule has 3 heterocycles. The van der Waals surface area contributed by atoms with E-state index in [1.165, 1.54) is 10.8 Å². The molecule has 11 rings (SSSR count). The van der Waals surface area contributed by atoms with Crippen LogP contribution in [-0.2, 0) is 0 Å². The van der Waals surface area contributed by atoms with Gasteiger partial charge in [-0.2, -0.15) is 10.5 Å². The van der Waals surface area contributed by atoms with Crippen LogP contribution in [0.3, 0.4) is 0 Å². The molecular weight excluding hydrogens is 671 g/mol. The van der Waals surface area contributed by atoms with Crippen molar-refractivity contribution in [3.8, 4) is 40.3 Å². The van der Waals surface area contributed by atoms with Crippen molar-refractivity contribution in [2.24, 2.45) is 0 Å². The fourth-order valence-electron chi connectivity index (χ4n) is 8.83. The first kappa shape index (κ1) is 30.7. The van der Waals surface area contributed by atoms with Crippen LogP contribution < -0.4 is 0 Å². The van der Waals surface area contributed by atoms with E-state index in [9.17, 15) is 10.5 Å². The van der Waals surface area contributed by atoms with Gasteiger partial charge in [-0.3, -0.25) is 0 Å². The van der Waals surface area contributed by atoms with Crippen LogP contribution in [-0.4, -0.2) is 13.7 Å². The molecule has 0 bridgehead atoms. The summed E-state index contributed by atoms with van der Waals surface area (Å²) in [6, 6.07) is 65.9. The fraction of sp³-hybridized carbons (Fsp3) is 0. The number of para-hydroxylation sites is 5. The van der Waals surface area contributed by atoms with E-state index in [0.29, 0.717) is 11.1 Å². The highest BCUT2D eigenvalue weighted by Gasteiger charge is 2.23. The third kappa shape index (κ3) is 4.39. The summed E-state index contributed by atoms with van der Waals surface area (Å²) >= 11 is 0. The van der Waals surface area contributed by atoms with Gasteiger partial charge in [-0.15, -0.1) is 0 Å². The van der Waals surface area contributed by atoms with Crippen molar-refractivity contribution in [1.29, 1.82) is 10.5 Å². The Bertz CT molecular complexity index is 3400. The summed E-state index contributed by atoms with van der Waals surface area (Å²) in [5, 5.41) is 27.2. The van der Waals surface area contributed by atoms with Gasteiger partial charge < -0.3 is 13.7 Å². The molecule has 3 aromatic heterocycles. The number of hydrogen-bond donors (Lipinski definition) is 0. The number of rotatable bonds is 4. The quantitative estimate of drug-likeness (QED) is 0.184. The van der Waals surface area contributed by atoms with Crippen LogP contribution in [0.4, 0.5) is 0 Å². The van der Waals surface area contributed by atoms with Gasteiger partial charge in [0, 0.05) is 43.6 Å². The van der Waals surface area contributed by atoms with Crippen LogP contribution in [0.2, 0.25) is 0 Å². The van der Waals surface area contributed by atoms with Gasteiger partial charge >= 0.3 is 0 Å². The van der Waals surface area contributed by atoms with Gasteiger partial charge in [-0.1, -0.05) is 103 Å². The minimum absolute atomic E-state index is 0.603. The van der Waals surface area contributed by atoms with Gasteiger partial charge in [0.25, 0.3) is 0 Å². The van der Waals surface area contributed by atoms with Crippen LogP contribution in [0.5, 0.6) is 0 Å². The second kappa shape index (κ2) is 11.8. The number of hydrogen-bond acceptors (Lipinski definition) is 2. The van der Waals surface area contributed by atoms with Crippen molar-refractivity contribution in [2.75, 3.05) is 0 Å². The maximum absolute atomic E-state index is 10.7. The number of nitriles is 2. The first-order chi connectivity index (χ1) is 27.2. The zero-order valence-electron chi connectivity index (χ0n) is 29.5. The van der Waals surface area contributed by atoms with Crippen molar-refractivity contribution >= 4 is 65.4 Å². The molecule has 0 aliphatic heterocycles. The van der Waals surface area contributed by atoms with E-state index >= 15 is 0 Å². The van der Waals surface area contributed by atoms with E-state index in [-0.39, 0.29) is 0 Å². The van der Waals surface area contributed by atoms with Crippen molar-refractivity contribution in [1.82, 2.24) is 13.7 Å². The summed E-state index contributed by atoms with van der Waals surface area (Å²) in [5.41, 5.74) is 12.6. The van der Waals surface area contributed by atoms with Gasteiger partial charge in [0.15, 0.2) is 0 Å². The SMILES string of the molecule is N#Cc1ccc2c(c1)c1ccccc1n2-c1ccc(-c2c(C#N)cccc2-n2c3ccccc3c3cccc(-n4c5ccccc5c5ccccc54)c32)cc1. The first-order valence-electron chi connectivity index (χ1n) is 18.3. The lowest BCUT2D eigenvalue weighted by atomic mass is 9.97. The van der Waals surface area contributed by atoms with E-state index in [1.807, 2.05) is 42.5 Å². The van der Waals surface area contributed by atoms with E-state index in [1.54, 1.807) is 0 Å². The molecule has 0 spiro atoms. The zero-order chi connectivity index (χ0) is 36.6. The van der Waals surface area contributed by atoms with Crippen LogP contribution in [0, 0.1) is 22.7 Å². The molecule has 0 radical (unpaired) electrons. The van der Waals surface area contributed by atoms with Gasteiger partial charge in [0.2, 0.25) is 0 Å². The molecule has 0 saturated heterocycles. The summed E-state index contributed by atoms with van der Waals surface area (Å²) in [5.74, 6) is 0. The van der Waals surface area contributed by atoms with E-state index in [0.717, 1.165) is 82.8 Å². The van der Waals surface area contributed by atoms with E-state index < -0.39 is 0 Å². The minimum atomic E-state index is 0.603.